The van der Waals surface area contributed by atoms with Gasteiger partial charge < -0.3 is 9.80 Å². The minimum Gasteiger partial charge on any atom is -0.352 e. The summed E-state index contributed by atoms with van der Waals surface area (Å²) in [4.78, 5) is 21.6. The number of anilines is 1. The van der Waals surface area contributed by atoms with Crippen molar-refractivity contribution < 1.29 is 4.79 Å². The molecular weight excluding hydrogens is 370 g/mol. The first-order chi connectivity index (χ1) is 13.7. The number of hydrogen-bond donors (Lipinski definition) is 0. The lowest BCUT2D eigenvalue weighted by Crippen LogP contribution is -2.36. The van der Waals surface area contributed by atoms with E-state index in [4.69, 9.17) is 11.6 Å². The van der Waals surface area contributed by atoms with Gasteiger partial charge in [-0.15, -0.1) is 0 Å². The molecule has 0 spiro atoms. The van der Waals surface area contributed by atoms with E-state index in [9.17, 15) is 4.79 Å². The number of likely N-dealkylation sites (tertiary alicyclic amines) is 1. The van der Waals surface area contributed by atoms with Crippen LogP contribution in [0.4, 0.5) is 5.82 Å². The summed E-state index contributed by atoms with van der Waals surface area (Å²) in [5.74, 6) is 0.884. The van der Waals surface area contributed by atoms with Crippen LogP contribution < -0.4 is 4.90 Å². The van der Waals surface area contributed by atoms with Crippen molar-refractivity contribution in [2.75, 3.05) is 24.5 Å². The van der Waals surface area contributed by atoms with E-state index in [0.29, 0.717) is 16.6 Å². The van der Waals surface area contributed by atoms with E-state index in [0.717, 1.165) is 57.6 Å². The summed E-state index contributed by atoms with van der Waals surface area (Å²) in [5.41, 5.74) is 1.98. The molecule has 0 aliphatic carbocycles. The first-order valence-electron chi connectivity index (χ1n) is 10.5. The molecule has 0 saturated carbocycles. The highest BCUT2D eigenvalue weighted by Gasteiger charge is 2.28. The molecule has 1 unspecified atom stereocenters. The number of carbonyl (C=O) groups excluding carboxylic acids is 1. The number of benzene rings is 1. The zero-order chi connectivity index (χ0) is 19.3. The summed E-state index contributed by atoms with van der Waals surface area (Å²) in [6, 6.07) is 12.9. The fourth-order valence-electron chi connectivity index (χ4n) is 4.43. The minimum absolute atomic E-state index is 0.0581. The molecule has 2 fully saturated rings. The Hall–Kier alpha value is -2.07. The predicted octanol–water partition coefficient (Wildman–Crippen LogP) is 4.96. The maximum absolute atomic E-state index is 12.7. The van der Waals surface area contributed by atoms with Gasteiger partial charge in [-0.3, -0.25) is 4.79 Å². The summed E-state index contributed by atoms with van der Waals surface area (Å²) in [6.07, 6.45) is 9.57. The molecule has 0 N–H and O–H groups in total. The molecule has 5 heteroatoms. The zero-order valence-corrected chi connectivity index (χ0v) is 17.1. The highest BCUT2D eigenvalue weighted by atomic mass is 35.5. The Bertz CT molecular complexity index is 805. The summed E-state index contributed by atoms with van der Waals surface area (Å²) in [5, 5.41) is 0.592. The lowest BCUT2D eigenvalue weighted by molar-refractivity contribution is 0.0724. The van der Waals surface area contributed by atoms with Crippen LogP contribution in [0.5, 0.6) is 0 Å². The normalized spacial score (nSPS) is 19.8. The van der Waals surface area contributed by atoms with Gasteiger partial charge in [-0.25, -0.2) is 4.98 Å². The lowest BCUT2D eigenvalue weighted by atomic mass is 10.0. The van der Waals surface area contributed by atoms with Crippen LogP contribution in [0.15, 0.2) is 42.6 Å². The van der Waals surface area contributed by atoms with E-state index in [2.05, 4.69) is 40.2 Å². The van der Waals surface area contributed by atoms with Crippen LogP contribution in [-0.2, 0) is 6.42 Å². The number of piperidine rings is 1. The Morgan fingerprint density at radius 3 is 2.61 bits per heavy atom. The van der Waals surface area contributed by atoms with E-state index in [1.807, 2.05) is 11.0 Å². The summed E-state index contributed by atoms with van der Waals surface area (Å²) < 4.78 is 0. The highest BCUT2D eigenvalue weighted by Crippen LogP contribution is 2.32. The van der Waals surface area contributed by atoms with Crippen LogP contribution in [0.1, 0.15) is 54.4 Å². The average Bonchev–Trinajstić information content (AvgIpc) is 3.21. The van der Waals surface area contributed by atoms with Crippen LogP contribution in [0, 0.1) is 0 Å². The third kappa shape index (κ3) is 4.33. The van der Waals surface area contributed by atoms with E-state index in [1.54, 1.807) is 6.20 Å². The molecule has 28 heavy (non-hydrogen) atoms. The molecule has 1 atom stereocenters. The topological polar surface area (TPSA) is 36.4 Å². The summed E-state index contributed by atoms with van der Waals surface area (Å²) in [7, 11) is 0. The van der Waals surface area contributed by atoms with Gasteiger partial charge in [0.1, 0.15) is 5.82 Å². The van der Waals surface area contributed by atoms with Gasteiger partial charge >= 0.3 is 0 Å². The number of nitrogens with zero attached hydrogens (tertiary/aromatic N) is 3. The Balaban J connectivity index is 1.44. The lowest BCUT2D eigenvalue weighted by Gasteiger charge is -2.28. The van der Waals surface area contributed by atoms with E-state index in [-0.39, 0.29) is 5.91 Å². The van der Waals surface area contributed by atoms with Crippen molar-refractivity contribution in [1.29, 1.82) is 0 Å². The number of amides is 1. The first-order valence-corrected chi connectivity index (χ1v) is 10.9. The van der Waals surface area contributed by atoms with Crippen LogP contribution >= 0.6 is 11.6 Å². The van der Waals surface area contributed by atoms with Crippen molar-refractivity contribution in [3.8, 4) is 0 Å². The van der Waals surface area contributed by atoms with Gasteiger partial charge in [-0.05, 0) is 56.6 Å². The van der Waals surface area contributed by atoms with Crippen molar-refractivity contribution in [2.24, 2.45) is 0 Å². The van der Waals surface area contributed by atoms with Gasteiger partial charge in [0.05, 0.1) is 10.6 Å². The van der Waals surface area contributed by atoms with Gasteiger partial charge in [-0.1, -0.05) is 41.9 Å². The molecule has 2 aliphatic rings. The number of rotatable bonds is 5. The molecule has 4 nitrogen and oxygen atoms in total. The Kier molecular flexibility index (Phi) is 6.16. The second-order valence-corrected chi connectivity index (χ2v) is 8.30. The van der Waals surface area contributed by atoms with Crippen molar-refractivity contribution in [3.05, 3.63) is 58.7 Å². The van der Waals surface area contributed by atoms with E-state index in [1.165, 1.54) is 18.4 Å². The van der Waals surface area contributed by atoms with Crippen LogP contribution in [0.2, 0.25) is 5.02 Å². The third-order valence-electron chi connectivity index (χ3n) is 5.97. The molecule has 3 heterocycles. The average molecular weight is 398 g/mol. The number of hydrogen-bond acceptors (Lipinski definition) is 3. The van der Waals surface area contributed by atoms with Crippen LogP contribution in [0.25, 0.3) is 0 Å². The molecular formula is C23H28ClN3O. The maximum atomic E-state index is 12.7. The molecule has 2 aromatic rings. The molecule has 2 aliphatic heterocycles. The van der Waals surface area contributed by atoms with Crippen molar-refractivity contribution in [2.45, 2.75) is 51.0 Å². The molecule has 1 amide bonds. The molecule has 0 bridgehead atoms. The van der Waals surface area contributed by atoms with E-state index < -0.39 is 0 Å². The molecule has 148 valence electrons. The monoisotopic (exact) mass is 397 g/mol. The Morgan fingerprint density at radius 2 is 1.86 bits per heavy atom. The van der Waals surface area contributed by atoms with Gasteiger partial charge in [0.25, 0.3) is 5.91 Å². The summed E-state index contributed by atoms with van der Waals surface area (Å²) >= 11 is 6.60. The molecule has 2 saturated heterocycles. The standard InChI is InChI=1S/C23H28ClN3O/c24-21-16-19(23(28)26-13-5-2-6-14-26)17-25-22(21)27-15-7-10-20(27)12-11-18-8-3-1-4-9-18/h1,3-4,8-9,16-17,20H,2,5-7,10-15H2. The van der Waals surface area contributed by atoms with Gasteiger partial charge in [0.2, 0.25) is 0 Å². The Labute approximate surface area is 172 Å². The second kappa shape index (κ2) is 8.95. The smallest absolute Gasteiger partial charge is 0.255 e. The molecule has 1 aromatic carbocycles. The summed E-state index contributed by atoms with van der Waals surface area (Å²) in [6.45, 7) is 2.66. The number of carbonyl (C=O) groups is 1. The Morgan fingerprint density at radius 1 is 1.07 bits per heavy atom. The second-order valence-electron chi connectivity index (χ2n) is 7.90. The van der Waals surface area contributed by atoms with Crippen molar-refractivity contribution in [3.63, 3.8) is 0 Å². The number of pyridine rings is 1. The SMILES string of the molecule is O=C(c1cnc(N2CCCC2CCc2ccccc2)c(Cl)c1)N1CCCCC1. The molecule has 1 aromatic heterocycles. The predicted molar refractivity (Wildman–Crippen MR) is 114 cm³/mol. The van der Waals surface area contributed by atoms with Crippen LogP contribution in [-0.4, -0.2) is 41.5 Å². The number of halogens is 1. The quantitative estimate of drug-likeness (QED) is 0.715. The number of aromatic nitrogens is 1. The molecule has 0 radical (unpaired) electrons. The van der Waals surface area contributed by atoms with Crippen LogP contribution in [0.3, 0.4) is 0 Å². The van der Waals surface area contributed by atoms with E-state index >= 15 is 0 Å². The fourth-order valence-corrected chi connectivity index (χ4v) is 4.71. The van der Waals surface area contributed by atoms with Crippen molar-refractivity contribution in [1.82, 2.24) is 9.88 Å². The highest BCUT2D eigenvalue weighted by molar-refractivity contribution is 6.33. The van der Waals surface area contributed by atoms with Gasteiger partial charge in [-0.2, -0.15) is 0 Å². The van der Waals surface area contributed by atoms with Gasteiger partial charge in [0, 0.05) is 31.9 Å². The zero-order valence-electron chi connectivity index (χ0n) is 16.3. The van der Waals surface area contributed by atoms with Crippen molar-refractivity contribution >= 4 is 23.3 Å². The molecule has 4 rings (SSSR count). The largest absolute Gasteiger partial charge is 0.352 e. The third-order valence-corrected chi connectivity index (χ3v) is 6.25. The first kappa shape index (κ1) is 19.3. The maximum Gasteiger partial charge on any atom is 0.255 e. The van der Waals surface area contributed by atoms with Gasteiger partial charge in [0.15, 0.2) is 0 Å². The minimum atomic E-state index is 0.0581. The number of aryl methyl sites for hydroxylation is 1. The fraction of sp³-hybridized carbons (Fsp3) is 0.478.